The van der Waals surface area contributed by atoms with Gasteiger partial charge in [-0.1, -0.05) is 42.5 Å². The molecular formula is C27H32BrN5O2. The first kappa shape index (κ1) is 25.1. The van der Waals surface area contributed by atoms with Gasteiger partial charge in [0.05, 0.1) is 6.04 Å². The van der Waals surface area contributed by atoms with Crippen molar-refractivity contribution in [3.8, 4) is 11.3 Å². The number of carbonyl (C=O) groups excluding carboxylic acids is 2. The van der Waals surface area contributed by atoms with Crippen LogP contribution in [-0.2, 0) is 18.3 Å². The second-order valence-corrected chi connectivity index (χ2v) is 10.1. The summed E-state index contributed by atoms with van der Waals surface area (Å²) in [6.07, 6.45) is 4.36. The Morgan fingerprint density at radius 2 is 1.74 bits per heavy atom. The molecule has 1 saturated carbocycles. The van der Waals surface area contributed by atoms with Gasteiger partial charge in [-0.05, 0) is 78.2 Å². The van der Waals surface area contributed by atoms with Crippen LogP contribution < -0.4 is 16.8 Å². The van der Waals surface area contributed by atoms with Crippen LogP contribution in [0.3, 0.4) is 0 Å². The Bertz CT molecular complexity index is 1170. The molecule has 0 radical (unpaired) electrons. The normalized spacial score (nSPS) is 18.7. The van der Waals surface area contributed by atoms with Crippen LogP contribution in [0.25, 0.3) is 11.3 Å². The summed E-state index contributed by atoms with van der Waals surface area (Å²) in [4.78, 5) is 29.7. The topological polar surface area (TPSA) is 116 Å². The highest BCUT2D eigenvalue weighted by molar-refractivity contribution is 9.10. The fourth-order valence-corrected chi connectivity index (χ4v) is 5.29. The summed E-state index contributed by atoms with van der Waals surface area (Å²) in [6, 6.07) is 16.9. The van der Waals surface area contributed by atoms with Crippen molar-refractivity contribution in [1.82, 2.24) is 14.9 Å². The number of nitrogens with two attached hydrogens (primary N) is 2. The number of benzene rings is 2. The average Bonchev–Trinajstić information content (AvgIpc) is 3.18. The Labute approximate surface area is 214 Å². The molecule has 0 aliphatic heterocycles. The van der Waals surface area contributed by atoms with Crippen molar-refractivity contribution in [2.45, 2.75) is 38.1 Å². The highest BCUT2D eigenvalue weighted by atomic mass is 79.9. The van der Waals surface area contributed by atoms with Gasteiger partial charge >= 0.3 is 0 Å². The van der Waals surface area contributed by atoms with E-state index < -0.39 is 5.91 Å². The molecule has 0 spiro atoms. The molecule has 1 heterocycles. The van der Waals surface area contributed by atoms with Crippen LogP contribution in [-0.4, -0.2) is 27.9 Å². The average molecular weight is 538 g/mol. The summed E-state index contributed by atoms with van der Waals surface area (Å²) >= 11 is 3.68. The third kappa shape index (κ3) is 5.82. The summed E-state index contributed by atoms with van der Waals surface area (Å²) in [5, 5.41) is 3.31. The van der Waals surface area contributed by atoms with Gasteiger partial charge in [0.25, 0.3) is 0 Å². The zero-order valence-corrected chi connectivity index (χ0v) is 21.5. The number of primary amides is 1. The van der Waals surface area contributed by atoms with E-state index in [-0.39, 0.29) is 17.9 Å². The molecule has 184 valence electrons. The standard InChI is InChI=1S/C27H32BrN5O2/c1-33-24(28)23(19-11-13-20(14-12-19)25(30)34)32-26(33)22(15-17-5-3-2-4-6-17)31-27(35)21-9-7-18(16-29)8-10-21/h2-6,11-14,18,21-22H,7-10,15-16,29H2,1H3,(H2,30,34)(H,31,35)/t18-,21-,22-/m0/s1. The maximum atomic E-state index is 13.3. The molecule has 35 heavy (non-hydrogen) atoms. The Morgan fingerprint density at radius 3 is 2.34 bits per heavy atom. The van der Waals surface area contributed by atoms with Crippen molar-refractivity contribution in [2.24, 2.45) is 30.4 Å². The molecule has 1 aliphatic carbocycles. The number of imidazole rings is 1. The number of halogens is 1. The lowest BCUT2D eigenvalue weighted by Gasteiger charge is -2.28. The Kier molecular flexibility index (Phi) is 8.03. The van der Waals surface area contributed by atoms with Gasteiger partial charge in [-0.15, -0.1) is 0 Å². The first-order valence-corrected chi connectivity index (χ1v) is 12.8. The van der Waals surface area contributed by atoms with E-state index in [4.69, 9.17) is 16.5 Å². The maximum Gasteiger partial charge on any atom is 0.248 e. The monoisotopic (exact) mass is 537 g/mol. The minimum atomic E-state index is -0.469. The quantitative estimate of drug-likeness (QED) is 0.400. The number of carbonyl (C=O) groups is 2. The van der Waals surface area contributed by atoms with Crippen molar-refractivity contribution in [2.75, 3.05) is 6.54 Å². The SMILES string of the molecule is Cn1c([C@H](Cc2ccccc2)NC(=O)[C@H]2CC[C@H](CN)CC2)nc(-c2ccc(C(N)=O)cc2)c1Br. The Balaban J connectivity index is 1.62. The highest BCUT2D eigenvalue weighted by Crippen LogP contribution is 2.33. The van der Waals surface area contributed by atoms with Crippen LogP contribution >= 0.6 is 15.9 Å². The molecule has 5 N–H and O–H groups in total. The van der Waals surface area contributed by atoms with Crippen molar-refractivity contribution in [1.29, 1.82) is 0 Å². The van der Waals surface area contributed by atoms with Crippen LogP contribution in [0.1, 0.15) is 53.5 Å². The Morgan fingerprint density at radius 1 is 1.09 bits per heavy atom. The van der Waals surface area contributed by atoms with Crippen LogP contribution in [0.4, 0.5) is 0 Å². The van der Waals surface area contributed by atoms with E-state index in [1.54, 1.807) is 12.1 Å². The van der Waals surface area contributed by atoms with E-state index in [0.29, 0.717) is 24.4 Å². The molecule has 1 aromatic heterocycles. The number of hydrogen-bond acceptors (Lipinski definition) is 4. The summed E-state index contributed by atoms with van der Waals surface area (Å²) < 4.78 is 2.77. The van der Waals surface area contributed by atoms with Gasteiger partial charge in [-0.3, -0.25) is 9.59 Å². The lowest BCUT2D eigenvalue weighted by Crippen LogP contribution is -2.38. The van der Waals surface area contributed by atoms with E-state index in [9.17, 15) is 9.59 Å². The largest absolute Gasteiger partial charge is 0.366 e. The lowest BCUT2D eigenvalue weighted by atomic mass is 9.81. The minimum absolute atomic E-state index is 0.000553. The zero-order chi connectivity index (χ0) is 24.9. The molecule has 4 rings (SSSR count). The first-order valence-electron chi connectivity index (χ1n) is 12.0. The molecule has 2 amide bonds. The van der Waals surface area contributed by atoms with Crippen molar-refractivity contribution >= 4 is 27.7 Å². The third-order valence-corrected chi connectivity index (χ3v) is 7.87. The molecular weight excluding hydrogens is 506 g/mol. The molecule has 2 aromatic carbocycles. The molecule has 0 bridgehead atoms. The van der Waals surface area contributed by atoms with Gasteiger partial charge in [-0.25, -0.2) is 4.98 Å². The molecule has 0 saturated heterocycles. The van der Waals surface area contributed by atoms with Crippen LogP contribution in [0.2, 0.25) is 0 Å². The number of nitrogens with one attached hydrogen (secondary N) is 1. The number of hydrogen-bond donors (Lipinski definition) is 3. The summed E-state index contributed by atoms with van der Waals surface area (Å²) in [5.74, 6) is 0.892. The maximum absolute atomic E-state index is 13.3. The van der Waals surface area contributed by atoms with Crippen molar-refractivity contribution in [3.05, 3.63) is 76.2 Å². The van der Waals surface area contributed by atoms with Gasteiger partial charge in [0.2, 0.25) is 11.8 Å². The minimum Gasteiger partial charge on any atom is -0.366 e. The van der Waals surface area contributed by atoms with Gasteiger partial charge < -0.3 is 21.4 Å². The van der Waals surface area contributed by atoms with Gasteiger partial charge in [0.1, 0.15) is 16.1 Å². The van der Waals surface area contributed by atoms with Crippen LogP contribution in [0, 0.1) is 11.8 Å². The second kappa shape index (κ2) is 11.2. The number of nitrogens with zero attached hydrogens (tertiary/aromatic N) is 2. The van der Waals surface area contributed by atoms with Gasteiger partial charge in [-0.2, -0.15) is 0 Å². The fraction of sp³-hybridized carbons (Fsp3) is 0.370. The van der Waals surface area contributed by atoms with E-state index in [2.05, 4.69) is 33.4 Å². The van der Waals surface area contributed by atoms with E-state index in [1.807, 2.05) is 41.9 Å². The number of aromatic nitrogens is 2. The predicted octanol–water partition coefficient (Wildman–Crippen LogP) is 4.11. The predicted molar refractivity (Wildman–Crippen MR) is 140 cm³/mol. The first-order chi connectivity index (χ1) is 16.9. The Hall–Kier alpha value is -2.97. The summed E-state index contributed by atoms with van der Waals surface area (Å²) in [5.41, 5.74) is 14.4. The smallest absolute Gasteiger partial charge is 0.248 e. The number of amides is 2. The lowest BCUT2D eigenvalue weighted by molar-refractivity contribution is -0.127. The summed E-state index contributed by atoms with van der Waals surface area (Å²) in [7, 11) is 1.93. The van der Waals surface area contributed by atoms with E-state index >= 15 is 0 Å². The van der Waals surface area contributed by atoms with E-state index in [0.717, 1.165) is 52.9 Å². The summed E-state index contributed by atoms with van der Waals surface area (Å²) in [6.45, 7) is 0.690. The fourth-order valence-electron chi connectivity index (χ4n) is 4.79. The number of rotatable bonds is 8. The zero-order valence-electron chi connectivity index (χ0n) is 19.9. The van der Waals surface area contributed by atoms with Gasteiger partial charge in [0.15, 0.2) is 0 Å². The molecule has 1 fully saturated rings. The molecule has 7 nitrogen and oxygen atoms in total. The molecule has 3 aromatic rings. The molecule has 8 heteroatoms. The highest BCUT2D eigenvalue weighted by Gasteiger charge is 2.29. The van der Waals surface area contributed by atoms with Gasteiger partial charge in [0, 0.05) is 24.1 Å². The van der Waals surface area contributed by atoms with Crippen molar-refractivity contribution in [3.63, 3.8) is 0 Å². The van der Waals surface area contributed by atoms with Crippen LogP contribution in [0.15, 0.2) is 59.2 Å². The molecule has 1 aliphatic rings. The third-order valence-electron chi connectivity index (χ3n) is 6.96. The van der Waals surface area contributed by atoms with Crippen molar-refractivity contribution < 1.29 is 9.59 Å². The van der Waals surface area contributed by atoms with E-state index in [1.165, 1.54) is 0 Å². The molecule has 1 atom stereocenters. The van der Waals surface area contributed by atoms with Crippen LogP contribution in [0.5, 0.6) is 0 Å². The molecule has 0 unspecified atom stereocenters. The second-order valence-electron chi connectivity index (χ2n) is 9.31.